The standard InChI is InChI=1S/C20H25N3O2/c1-24-19-4-2-3-15-13-16(5-7-18(15)19)22-20-8-6-17(14-21-20)23-9-11-25-12-10-23/h2-4,6,8,14,16H,5,7,9-13H2,1H3,(H,21,22). The first kappa shape index (κ1) is 16.2. The van der Waals surface area contributed by atoms with Gasteiger partial charge in [0.1, 0.15) is 11.6 Å². The molecule has 0 radical (unpaired) electrons. The van der Waals surface area contributed by atoms with Gasteiger partial charge in [0, 0.05) is 19.1 Å². The van der Waals surface area contributed by atoms with Gasteiger partial charge in [-0.2, -0.15) is 0 Å². The molecule has 4 rings (SSSR count). The Kier molecular flexibility index (Phi) is 4.74. The summed E-state index contributed by atoms with van der Waals surface area (Å²) in [6, 6.07) is 11.0. The van der Waals surface area contributed by atoms with Crippen molar-refractivity contribution >= 4 is 11.5 Å². The number of aromatic nitrogens is 1. The number of rotatable bonds is 4. The molecule has 1 aromatic carbocycles. The molecule has 1 fully saturated rings. The Morgan fingerprint density at radius 1 is 1.20 bits per heavy atom. The minimum absolute atomic E-state index is 0.418. The van der Waals surface area contributed by atoms with Gasteiger partial charge in [-0.1, -0.05) is 12.1 Å². The fourth-order valence-corrected chi connectivity index (χ4v) is 3.78. The van der Waals surface area contributed by atoms with Crippen LogP contribution in [-0.4, -0.2) is 44.4 Å². The van der Waals surface area contributed by atoms with Crippen LogP contribution < -0.4 is 15.0 Å². The average molecular weight is 339 g/mol. The third-order valence-corrected chi connectivity index (χ3v) is 5.14. The van der Waals surface area contributed by atoms with Crippen molar-refractivity contribution in [2.24, 2.45) is 0 Å². The highest BCUT2D eigenvalue weighted by molar-refractivity contribution is 5.50. The van der Waals surface area contributed by atoms with Crippen molar-refractivity contribution in [1.29, 1.82) is 0 Å². The lowest BCUT2D eigenvalue weighted by atomic mass is 9.87. The molecule has 1 atom stereocenters. The van der Waals surface area contributed by atoms with E-state index in [4.69, 9.17) is 9.47 Å². The number of nitrogens with zero attached hydrogens (tertiary/aromatic N) is 2. The monoisotopic (exact) mass is 339 g/mol. The van der Waals surface area contributed by atoms with E-state index in [1.807, 2.05) is 6.20 Å². The summed E-state index contributed by atoms with van der Waals surface area (Å²) in [6.45, 7) is 3.47. The summed E-state index contributed by atoms with van der Waals surface area (Å²) >= 11 is 0. The zero-order valence-electron chi connectivity index (χ0n) is 14.7. The molecule has 0 amide bonds. The third kappa shape index (κ3) is 3.56. The lowest BCUT2D eigenvalue weighted by Gasteiger charge is -2.29. The van der Waals surface area contributed by atoms with Crippen LogP contribution in [0.15, 0.2) is 36.5 Å². The van der Waals surface area contributed by atoms with Crippen LogP contribution in [0.1, 0.15) is 17.5 Å². The molecule has 0 bridgehead atoms. The van der Waals surface area contributed by atoms with Crippen LogP contribution in [-0.2, 0) is 17.6 Å². The fraction of sp³-hybridized carbons (Fsp3) is 0.450. The number of morpholine rings is 1. The van der Waals surface area contributed by atoms with E-state index in [1.54, 1.807) is 7.11 Å². The Morgan fingerprint density at radius 3 is 2.84 bits per heavy atom. The van der Waals surface area contributed by atoms with Gasteiger partial charge in [-0.3, -0.25) is 0 Å². The van der Waals surface area contributed by atoms with Crippen LogP contribution in [0.25, 0.3) is 0 Å². The third-order valence-electron chi connectivity index (χ3n) is 5.14. The lowest BCUT2D eigenvalue weighted by Crippen LogP contribution is -2.36. The maximum atomic E-state index is 5.49. The van der Waals surface area contributed by atoms with Crippen molar-refractivity contribution in [2.75, 3.05) is 43.6 Å². The van der Waals surface area contributed by atoms with Crippen LogP contribution in [0, 0.1) is 0 Å². The maximum Gasteiger partial charge on any atom is 0.126 e. The minimum Gasteiger partial charge on any atom is -0.496 e. The van der Waals surface area contributed by atoms with E-state index >= 15 is 0 Å². The van der Waals surface area contributed by atoms with Crippen molar-refractivity contribution in [3.8, 4) is 5.75 Å². The number of benzene rings is 1. The minimum atomic E-state index is 0.418. The van der Waals surface area contributed by atoms with Gasteiger partial charge in [-0.05, 0) is 48.6 Å². The first-order valence-electron chi connectivity index (χ1n) is 9.03. The highest BCUT2D eigenvalue weighted by Gasteiger charge is 2.21. The summed E-state index contributed by atoms with van der Waals surface area (Å²) in [5.74, 6) is 1.97. The zero-order valence-corrected chi connectivity index (χ0v) is 14.7. The van der Waals surface area contributed by atoms with Crippen molar-refractivity contribution in [1.82, 2.24) is 4.98 Å². The van der Waals surface area contributed by atoms with Gasteiger partial charge < -0.3 is 19.7 Å². The number of pyridine rings is 1. The average Bonchev–Trinajstić information content (AvgIpc) is 2.68. The van der Waals surface area contributed by atoms with Crippen molar-refractivity contribution in [3.63, 3.8) is 0 Å². The number of ether oxygens (including phenoxy) is 2. The Labute approximate surface area is 149 Å². The van der Waals surface area contributed by atoms with E-state index in [2.05, 4.69) is 45.5 Å². The Hall–Kier alpha value is -2.27. The van der Waals surface area contributed by atoms with Gasteiger partial charge in [-0.25, -0.2) is 4.98 Å². The molecule has 1 aliphatic carbocycles. The molecule has 5 heteroatoms. The van der Waals surface area contributed by atoms with E-state index in [0.717, 1.165) is 57.1 Å². The number of hydrogen-bond donors (Lipinski definition) is 1. The van der Waals surface area contributed by atoms with Crippen LogP contribution >= 0.6 is 0 Å². The fourth-order valence-electron chi connectivity index (χ4n) is 3.78. The molecule has 1 unspecified atom stereocenters. The van der Waals surface area contributed by atoms with E-state index in [1.165, 1.54) is 16.8 Å². The highest BCUT2D eigenvalue weighted by Crippen LogP contribution is 2.30. The molecule has 1 saturated heterocycles. The second-order valence-electron chi connectivity index (χ2n) is 6.68. The second-order valence-corrected chi connectivity index (χ2v) is 6.68. The SMILES string of the molecule is COc1cccc2c1CCC(Nc1ccc(N3CCOCC3)cn1)C2. The molecule has 5 nitrogen and oxygen atoms in total. The normalized spacial score (nSPS) is 20.0. The highest BCUT2D eigenvalue weighted by atomic mass is 16.5. The summed E-state index contributed by atoms with van der Waals surface area (Å²) in [7, 11) is 1.75. The smallest absolute Gasteiger partial charge is 0.126 e. The molecule has 0 saturated carbocycles. The molecule has 2 heterocycles. The van der Waals surface area contributed by atoms with Crippen LogP contribution in [0.2, 0.25) is 0 Å². The summed E-state index contributed by atoms with van der Waals surface area (Å²) < 4.78 is 10.9. The van der Waals surface area contributed by atoms with Crippen molar-refractivity contribution in [3.05, 3.63) is 47.7 Å². The van der Waals surface area contributed by atoms with Gasteiger partial charge in [-0.15, -0.1) is 0 Å². The molecule has 1 N–H and O–H groups in total. The number of anilines is 2. The van der Waals surface area contributed by atoms with E-state index < -0.39 is 0 Å². The summed E-state index contributed by atoms with van der Waals surface area (Å²) in [6.07, 6.45) is 5.12. The molecular formula is C20H25N3O2. The van der Waals surface area contributed by atoms with Crippen molar-refractivity contribution in [2.45, 2.75) is 25.3 Å². The predicted octanol–water partition coefficient (Wildman–Crippen LogP) is 2.90. The quantitative estimate of drug-likeness (QED) is 0.928. The first-order chi connectivity index (χ1) is 12.3. The van der Waals surface area contributed by atoms with E-state index in [-0.39, 0.29) is 0 Å². The molecule has 25 heavy (non-hydrogen) atoms. The van der Waals surface area contributed by atoms with Gasteiger partial charge >= 0.3 is 0 Å². The van der Waals surface area contributed by atoms with Crippen LogP contribution in [0.5, 0.6) is 5.75 Å². The number of nitrogens with one attached hydrogen (secondary N) is 1. The first-order valence-corrected chi connectivity index (χ1v) is 9.03. The molecule has 2 aliphatic rings. The summed E-state index contributed by atoms with van der Waals surface area (Å²) in [5, 5.41) is 3.59. The Bertz CT molecular complexity index is 711. The van der Waals surface area contributed by atoms with E-state index in [0.29, 0.717) is 6.04 Å². The van der Waals surface area contributed by atoms with Gasteiger partial charge in [0.15, 0.2) is 0 Å². The van der Waals surface area contributed by atoms with Gasteiger partial charge in [0.25, 0.3) is 0 Å². The van der Waals surface area contributed by atoms with Gasteiger partial charge in [0.2, 0.25) is 0 Å². The Balaban J connectivity index is 1.41. The molecule has 0 spiro atoms. The number of fused-ring (bicyclic) bond motifs is 1. The lowest BCUT2D eigenvalue weighted by molar-refractivity contribution is 0.122. The topological polar surface area (TPSA) is 46.6 Å². The zero-order chi connectivity index (χ0) is 17.1. The number of methoxy groups -OCH3 is 1. The molecule has 1 aromatic heterocycles. The molecular weight excluding hydrogens is 314 g/mol. The Morgan fingerprint density at radius 2 is 2.08 bits per heavy atom. The van der Waals surface area contributed by atoms with Crippen LogP contribution in [0.3, 0.4) is 0 Å². The van der Waals surface area contributed by atoms with Crippen LogP contribution in [0.4, 0.5) is 11.5 Å². The largest absolute Gasteiger partial charge is 0.496 e. The predicted molar refractivity (Wildman–Crippen MR) is 99.7 cm³/mol. The summed E-state index contributed by atoms with van der Waals surface area (Å²) in [4.78, 5) is 6.94. The van der Waals surface area contributed by atoms with E-state index in [9.17, 15) is 0 Å². The molecule has 2 aromatic rings. The van der Waals surface area contributed by atoms with Gasteiger partial charge in [0.05, 0.1) is 32.2 Å². The molecule has 1 aliphatic heterocycles. The van der Waals surface area contributed by atoms with Crippen molar-refractivity contribution < 1.29 is 9.47 Å². The molecule has 132 valence electrons. The number of hydrogen-bond acceptors (Lipinski definition) is 5. The maximum absolute atomic E-state index is 5.49. The summed E-state index contributed by atoms with van der Waals surface area (Å²) in [5.41, 5.74) is 3.92. The second kappa shape index (κ2) is 7.31.